The highest BCUT2D eigenvalue weighted by Crippen LogP contribution is 2.51. The number of hydrogen-bond acceptors (Lipinski definition) is 36. The summed E-state index contributed by atoms with van der Waals surface area (Å²) in [6.07, 6.45) is -11.7. The number of anilines is 4. The lowest BCUT2D eigenvalue weighted by molar-refractivity contribution is -0.252. The molecule has 4 fully saturated rings. The van der Waals surface area contributed by atoms with Gasteiger partial charge >= 0.3 is 47.3 Å². The molecule has 0 radical (unpaired) electrons. The van der Waals surface area contributed by atoms with E-state index < -0.39 is 190 Å². The molecule has 10 N–H and O–H groups in total. The van der Waals surface area contributed by atoms with E-state index in [0.29, 0.717) is 87.5 Å². The number of fused-ring (bicyclic) bond motifs is 12. The summed E-state index contributed by atoms with van der Waals surface area (Å²) in [5.74, 6) is -9.62. The van der Waals surface area contributed by atoms with Crippen LogP contribution in [0.25, 0.3) is 44.5 Å². The average Bonchev–Trinajstić information content (AvgIpc) is 1.62. The van der Waals surface area contributed by atoms with Crippen LogP contribution in [0.1, 0.15) is 147 Å². The fourth-order valence-electron chi connectivity index (χ4n) is 16.2. The van der Waals surface area contributed by atoms with Crippen molar-refractivity contribution in [2.75, 3.05) is 47.7 Å². The van der Waals surface area contributed by atoms with Crippen molar-refractivity contribution in [3.63, 3.8) is 0 Å². The summed E-state index contributed by atoms with van der Waals surface area (Å²) in [6.45, 7) is 4.48. The summed E-state index contributed by atoms with van der Waals surface area (Å²) in [6, 6.07) is 40.1. The SMILES string of the molecule is CC(NC(=O)[O-])C(=O)Nc1ccc2c(c1)C(COC(=O)ON1C(=O)CCC1=O)c1cc(OS(=O)O)ccc1-2.CC(NC(=O)[O-])C(=O)Nc1ccc2c(c1)C(COC(=O)ON1C(=O)CCC1=O)c1cc(OS(=O)O)ccc1-2.CC(NC(=O)[O-])C(=O)Nc1ccc2c(c1)C(COC(=O)ON1C(=O)CCC1=O)c1ccccc1-2.CC(NC(=O)[O-])C(=O)Nc1ccc2c(c1)C(COC(=O)ON1C(=O)CCC1=O)c1ccccc1-2. The molecule has 8 aromatic carbocycles. The first-order valence-corrected chi connectivity index (χ1v) is 45.2. The highest BCUT2D eigenvalue weighted by Gasteiger charge is 2.42. The lowest BCUT2D eigenvalue weighted by Gasteiger charge is -2.18. The predicted molar refractivity (Wildman–Crippen MR) is 478 cm³/mol. The summed E-state index contributed by atoms with van der Waals surface area (Å²) in [4.78, 5) is 253. The number of imide groups is 4. The quantitative estimate of drug-likeness (QED) is 0.0143. The highest BCUT2D eigenvalue weighted by molar-refractivity contribution is 7.74. The van der Waals surface area contributed by atoms with Gasteiger partial charge < -0.3 is 109 Å². The molecule has 52 heteroatoms. The van der Waals surface area contributed by atoms with Gasteiger partial charge in [-0.15, -0.1) is 0 Å². The molecule has 144 heavy (non-hydrogen) atoms. The molecule has 4 aliphatic carbocycles. The maximum absolute atomic E-state index is 12.3. The number of carbonyl (C=O) groups excluding carboxylic acids is 20. The number of rotatable bonds is 28. The van der Waals surface area contributed by atoms with Crippen LogP contribution in [0.3, 0.4) is 0 Å². The van der Waals surface area contributed by atoms with Gasteiger partial charge in [-0.05, 0) is 190 Å². The Hall–Kier alpha value is -17.8. The lowest BCUT2D eigenvalue weighted by atomic mass is 9.97. The monoisotopic (exact) mass is 2020 g/mol. The van der Waals surface area contributed by atoms with Crippen molar-refractivity contribution >= 4 is 165 Å². The Morgan fingerprint density at radius 3 is 0.708 bits per heavy atom. The molecule has 10 atom stereocenters. The number of hydrogen-bond donors (Lipinski definition) is 10. The Kier molecular flexibility index (Phi) is 32.7. The van der Waals surface area contributed by atoms with Gasteiger partial charge in [-0.2, -0.15) is 8.42 Å². The van der Waals surface area contributed by atoms with Crippen LogP contribution in [0.15, 0.2) is 158 Å². The standard InChI is InChI=1S/2C23H21N3O11S.2C23H21N3O8/c2*1-11(24-22(30)31)21(29)25-12-2-4-14-15-5-3-13(37-38(33)34)9-17(15)18(16(14)8-12)10-35-23(32)36-26-19(27)6-7-20(26)28;2*1-12(24-22(30)31)21(29)25-13-6-7-16-14-4-2-3-5-15(14)18(17(16)10-13)11-33-23(32)34-26-19(27)8-9-20(26)28/h2*2-5,8-9,11,18,24H,6-7,10H2,1H3,(H,25,29)(H,30,31)(H,33,34);2*2-7,10,12,18,24H,8-9,11H2,1H3,(H,25,29)(H,30,31)/p-4. The molecular weight excluding hydrogens is 1950 g/mol. The third kappa shape index (κ3) is 25.1. The first kappa shape index (κ1) is 104. The number of carbonyl (C=O) groups is 20. The molecule has 4 heterocycles. The number of hydroxylamine groups is 8. The van der Waals surface area contributed by atoms with Gasteiger partial charge in [0, 0.05) is 97.8 Å². The summed E-state index contributed by atoms with van der Waals surface area (Å²) in [7, 11) is 0. The molecule has 50 nitrogen and oxygen atoms in total. The minimum Gasteiger partial charge on any atom is -0.530 e. The van der Waals surface area contributed by atoms with E-state index in [1.54, 1.807) is 84.9 Å². The molecule has 0 bridgehead atoms. The number of benzene rings is 8. The molecule has 0 aromatic heterocycles. The van der Waals surface area contributed by atoms with Gasteiger partial charge in [0.05, 0.1) is 0 Å². The van der Waals surface area contributed by atoms with Crippen molar-refractivity contribution in [1.29, 1.82) is 0 Å². The van der Waals surface area contributed by atoms with Crippen LogP contribution in [-0.2, 0) is 119 Å². The minimum absolute atomic E-state index is 0.0267. The second kappa shape index (κ2) is 45.4. The first-order valence-electron chi connectivity index (χ1n) is 43.1. The maximum Gasteiger partial charge on any atom is 0.533 e. The van der Waals surface area contributed by atoms with E-state index in [1.165, 1.54) is 52.0 Å². The summed E-state index contributed by atoms with van der Waals surface area (Å²) < 4.78 is 71.0. The van der Waals surface area contributed by atoms with Crippen LogP contribution >= 0.6 is 0 Å². The van der Waals surface area contributed by atoms with Gasteiger partial charge in [-0.3, -0.25) is 86.0 Å². The van der Waals surface area contributed by atoms with E-state index in [-0.39, 0.29) is 89.3 Å². The lowest BCUT2D eigenvalue weighted by Crippen LogP contribution is -2.47. The Morgan fingerprint density at radius 1 is 0.299 bits per heavy atom. The van der Waals surface area contributed by atoms with E-state index in [4.69, 9.17) is 55.8 Å². The van der Waals surface area contributed by atoms with Crippen LogP contribution in [0.4, 0.5) is 61.1 Å². The predicted octanol–water partition coefficient (Wildman–Crippen LogP) is 4.14. The first-order chi connectivity index (χ1) is 68.5. The minimum atomic E-state index is -2.59. The van der Waals surface area contributed by atoms with Crippen molar-refractivity contribution < 1.29 is 181 Å². The number of ether oxygens (including phenoxy) is 4. The van der Waals surface area contributed by atoms with Gasteiger partial charge in [0.2, 0.25) is 23.6 Å². The largest absolute Gasteiger partial charge is 0.533 e. The van der Waals surface area contributed by atoms with E-state index >= 15 is 0 Å². The van der Waals surface area contributed by atoms with E-state index in [2.05, 4.69) is 21.3 Å². The van der Waals surface area contributed by atoms with E-state index in [1.807, 2.05) is 69.8 Å². The van der Waals surface area contributed by atoms with Crippen LogP contribution in [-0.4, -0.2) is 208 Å². The molecule has 10 unspecified atom stereocenters. The fourth-order valence-corrected chi connectivity index (χ4v) is 16.7. The second-order valence-electron chi connectivity index (χ2n) is 32.2. The fraction of sp³-hybridized carbons (Fsp3) is 0.261. The number of nitrogens with one attached hydrogen (secondary N) is 8. The van der Waals surface area contributed by atoms with Crippen molar-refractivity contribution in [3.8, 4) is 56.0 Å². The van der Waals surface area contributed by atoms with Gasteiger partial charge in [-0.1, -0.05) is 105 Å². The molecule has 4 aliphatic heterocycles. The average molecular weight is 2030 g/mol. The Balaban J connectivity index is 0.000000161. The van der Waals surface area contributed by atoms with E-state index in [0.717, 1.165) is 44.5 Å². The molecule has 0 spiro atoms. The molecule has 8 aromatic rings. The molecular formula is C92H80N12O38S2-4. The Bertz CT molecular complexity index is 6220. The number of amides is 16. The normalized spacial score (nSPS) is 17.1. The maximum atomic E-state index is 12.3. The van der Waals surface area contributed by atoms with Crippen molar-refractivity contribution in [2.24, 2.45) is 0 Å². The Labute approximate surface area is 816 Å². The van der Waals surface area contributed by atoms with Crippen LogP contribution < -0.4 is 71.3 Å². The number of carboxylic acid groups (broad SMARTS) is 4. The van der Waals surface area contributed by atoms with Crippen molar-refractivity contribution in [3.05, 3.63) is 202 Å². The zero-order valence-electron chi connectivity index (χ0n) is 75.3. The molecule has 16 rings (SSSR count). The molecule has 16 amide bonds. The van der Waals surface area contributed by atoms with Gasteiger partial charge in [0.25, 0.3) is 47.3 Å². The molecule has 0 saturated carbocycles. The topological polar surface area (TPSA) is 710 Å². The third-order valence-corrected chi connectivity index (χ3v) is 23.5. The van der Waals surface area contributed by atoms with E-state index in [9.17, 15) is 125 Å². The molecule has 4 saturated heterocycles. The van der Waals surface area contributed by atoms with Crippen LogP contribution in [0.2, 0.25) is 0 Å². The zero-order valence-corrected chi connectivity index (χ0v) is 76.9. The number of nitrogens with zero attached hydrogens (tertiary/aromatic N) is 4. The van der Waals surface area contributed by atoms with Gasteiger partial charge in [0.1, 0.15) is 86.5 Å². The van der Waals surface area contributed by atoms with Gasteiger partial charge in [-0.25, -0.2) is 19.2 Å². The van der Waals surface area contributed by atoms with Crippen LogP contribution in [0.5, 0.6) is 11.5 Å². The summed E-state index contributed by atoms with van der Waals surface area (Å²) in [5, 5.41) is 62.5. The molecule has 752 valence electrons. The Morgan fingerprint density at radius 2 is 0.493 bits per heavy atom. The summed E-state index contributed by atoms with van der Waals surface area (Å²) >= 11 is -5.18. The van der Waals surface area contributed by atoms with Crippen LogP contribution in [0, 0.1) is 0 Å². The van der Waals surface area contributed by atoms with Crippen molar-refractivity contribution in [1.82, 2.24) is 41.5 Å². The summed E-state index contributed by atoms with van der Waals surface area (Å²) in [5.41, 5.74) is 13.4. The zero-order chi connectivity index (χ0) is 104. The molecule has 8 aliphatic rings. The second-order valence-corrected chi connectivity index (χ2v) is 33.4. The smallest absolute Gasteiger partial charge is 0.530 e. The van der Waals surface area contributed by atoms with Gasteiger partial charge in [0.15, 0.2) is 0 Å². The highest BCUT2D eigenvalue weighted by atomic mass is 32.2. The third-order valence-electron chi connectivity index (χ3n) is 22.8. The van der Waals surface area contributed by atoms with Crippen molar-refractivity contribution in [2.45, 2.75) is 127 Å².